The zero-order chi connectivity index (χ0) is 13.5. The van der Waals surface area contributed by atoms with Gasteiger partial charge in [-0.25, -0.2) is 0 Å². The van der Waals surface area contributed by atoms with E-state index in [0.717, 1.165) is 13.0 Å². The smallest absolute Gasteiger partial charge is 0.0590 e. The summed E-state index contributed by atoms with van der Waals surface area (Å²) in [5, 5.41) is 9.59. The molecule has 0 aliphatic carbocycles. The predicted molar refractivity (Wildman–Crippen MR) is 78.9 cm³/mol. The van der Waals surface area contributed by atoms with Gasteiger partial charge in [0.1, 0.15) is 0 Å². The van der Waals surface area contributed by atoms with Crippen molar-refractivity contribution in [3.8, 4) is 0 Å². The van der Waals surface area contributed by atoms with Crippen molar-refractivity contribution in [2.75, 3.05) is 13.7 Å². The summed E-state index contributed by atoms with van der Waals surface area (Å²) in [6.45, 7) is 1.04. The summed E-state index contributed by atoms with van der Waals surface area (Å²) in [4.78, 5) is 2.21. The van der Waals surface area contributed by atoms with Crippen LogP contribution in [0.1, 0.15) is 11.1 Å². The van der Waals surface area contributed by atoms with Crippen LogP contribution in [0.5, 0.6) is 0 Å². The Morgan fingerprint density at radius 2 is 1.42 bits per heavy atom. The normalized spacial score (nSPS) is 12.6. The molecule has 2 aromatic carbocycles. The number of aliphatic hydroxyl groups excluding tert-OH is 1. The van der Waals surface area contributed by atoms with E-state index in [2.05, 4.69) is 36.2 Å². The molecular weight excluding hydrogens is 234 g/mol. The lowest BCUT2D eigenvalue weighted by Gasteiger charge is -2.26. The SMILES string of the molecule is CN(Cc1ccccc1)[C@H](CO)Cc1ccccc1. The maximum Gasteiger partial charge on any atom is 0.0590 e. The van der Waals surface area contributed by atoms with Crippen molar-refractivity contribution < 1.29 is 5.11 Å². The van der Waals surface area contributed by atoms with Gasteiger partial charge in [0, 0.05) is 12.6 Å². The third-order valence-electron chi connectivity index (χ3n) is 3.42. The summed E-state index contributed by atoms with van der Waals surface area (Å²) in [7, 11) is 2.07. The molecule has 0 aliphatic heterocycles. The Morgan fingerprint density at radius 3 is 1.95 bits per heavy atom. The average molecular weight is 255 g/mol. The minimum Gasteiger partial charge on any atom is -0.395 e. The van der Waals surface area contributed by atoms with Crippen molar-refractivity contribution in [1.29, 1.82) is 0 Å². The molecule has 0 unspecified atom stereocenters. The van der Waals surface area contributed by atoms with E-state index in [1.54, 1.807) is 0 Å². The van der Waals surface area contributed by atoms with Crippen molar-refractivity contribution in [2.45, 2.75) is 19.0 Å². The van der Waals surface area contributed by atoms with Crippen LogP contribution in [0.3, 0.4) is 0 Å². The van der Waals surface area contributed by atoms with E-state index in [1.807, 2.05) is 36.4 Å². The first-order chi connectivity index (χ1) is 9.29. The van der Waals surface area contributed by atoms with Gasteiger partial charge in [-0.05, 0) is 24.6 Å². The number of hydrogen-bond acceptors (Lipinski definition) is 2. The number of aliphatic hydroxyl groups is 1. The Balaban J connectivity index is 1.97. The number of likely N-dealkylation sites (N-methyl/N-ethyl adjacent to an activating group) is 1. The standard InChI is InChI=1S/C17H21NO/c1-18(13-16-10-6-3-7-11-16)17(14-19)12-15-8-4-2-5-9-15/h2-11,17,19H,12-14H2,1H3/t17-/m0/s1. The van der Waals surface area contributed by atoms with Crippen molar-refractivity contribution in [3.05, 3.63) is 71.8 Å². The van der Waals surface area contributed by atoms with Crippen LogP contribution in [0.25, 0.3) is 0 Å². The van der Waals surface area contributed by atoms with E-state index in [0.29, 0.717) is 0 Å². The molecule has 100 valence electrons. The molecule has 0 heterocycles. The lowest BCUT2D eigenvalue weighted by atomic mass is 10.0. The van der Waals surface area contributed by atoms with Crippen LogP contribution >= 0.6 is 0 Å². The molecule has 0 saturated carbocycles. The molecule has 2 nitrogen and oxygen atoms in total. The largest absolute Gasteiger partial charge is 0.395 e. The second kappa shape index (κ2) is 7.07. The number of benzene rings is 2. The number of rotatable bonds is 6. The Hall–Kier alpha value is -1.64. The Morgan fingerprint density at radius 1 is 0.895 bits per heavy atom. The van der Waals surface area contributed by atoms with Crippen LogP contribution in [0.4, 0.5) is 0 Å². The molecule has 0 amide bonds. The summed E-state index contributed by atoms with van der Waals surface area (Å²) in [5.74, 6) is 0. The first-order valence-electron chi connectivity index (χ1n) is 6.68. The maximum atomic E-state index is 9.59. The average Bonchev–Trinajstić information content (AvgIpc) is 2.47. The fourth-order valence-corrected chi connectivity index (χ4v) is 2.25. The van der Waals surface area contributed by atoms with Gasteiger partial charge in [0.05, 0.1) is 6.61 Å². The molecule has 0 aliphatic rings. The Kier molecular flexibility index (Phi) is 5.13. The quantitative estimate of drug-likeness (QED) is 0.858. The predicted octanol–water partition coefficient (Wildman–Crippen LogP) is 2.72. The topological polar surface area (TPSA) is 23.5 Å². The minimum absolute atomic E-state index is 0.155. The molecule has 0 bridgehead atoms. The van der Waals surface area contributed by atoms with Gasteiger partial charge in [-0.1, -0.05) is 60.7 Å². The van der Waals surface area contributed by atoms with Gasteiger partial charge in [-0.15, -0.1) is 0 Å². The van der Waals surface area contributed by atoms with Crippen LogP contribution in [-0.4, -0.2) is 29.7 Å². The summed E-state index contributed by atoms with van der Waals surface area (Å²) in [6, 6.07) is 20.8. The molecule has 0 saturated heterocycles. The maximum absolute atomic E-state index is 9.59. The highest BCUT2D eigenvalue weighted by molar-refractivity contribution is 5.17. The van der Waals surface area contributed by atoms with Gasteiger partial charge in [-0.2, -0.15) is 0 Å². The molecule has 2 heteroatoms. The van der Waals surface area contributed by atoms with Crippen LogP contribution < -0.4 is 0 Å². The lowest BCUT2D eigenvalue weighted by molar-refractivity contribution is 0.141. The molecule has 0 aromatic heterocycles. The minimum atomic E-state index is 0.155. The third-order valence-corrected chi connectivity index (χ3v) is 3.42. The van der Waals surface area contributed by atoms with Gasteiger partial charge in [0.25, 0.3) is 0 Å². The molecule has 19 heavy (non-hydrogen) atoms. The zero-order valence-electron chi connectivity index (χ0n) is 11.4. The number of nitrogens with zero attached hydrogens (tertiary/aromatic N) is 1. The van der Waals surface area contributed by atoms with Gasteiger partial charge in [0.15, 0.2) is 0 Å². The van der Waals surface area contributed by atoms with E-state index in [4.69, 9.17) is 0 Å². The van der Waals surface area contributed by atoms with Crippen molar-refractivity contribution in [2.24, 2.45) is 0 Å². The summed E-state index contributed by atoms with van der Waals surface area (Å²) >= 11 is 0. The van der Waals surface area contributed by atoms with E-state index >= 15 is 0 Å². The van der Waals surface area contributed by atoms with Crippen molar-refractivity contribution in [1.82, 2.24) is 4.90 Å². The van der Waals surface area contributed by atoms with E-state index in [1.165, 1.54) is 11.1 Å². The van der Waals surface area contributed by atoms with E-state index in [-0.39, 0.29) is 12.6 Å². The summed E-state index contributed by atoms with van der Waals surface area (Å²) in [5.41, 5.74) is 2.54. The molecular formula is C17H21NO. The van der Waals surface area contributed by atoms with Crippen LogP contribution in [-0.2, 0) is 13.0 Å². The van der Waals surface area contributed by atoms with Crippen LogP contribution in [0.15, 0.2) is 60.7 Å². The summed E-state index contributed by atoms with van der Waals surface area (Å²) in [6.07, 6.45) is 0.876. The third kappa shape index (κ3) is 4.19. The van der Waals surface area contributed by atoms with Crippen molar-refractivity contribution in [3.63, 3.8) is 0 Å². The first-order valence-corrected chi connectivity index (χ1v) is 6.68. The Bertz CT molecular complexity index is 469. The van der Waals surface area contributed by atoms with Gasteiger partial charge >= 0.3 is 0 Å². The molecule has 1 atom stereocenters. The van der Waals surface area contributed by atoms with Crippen LogP contribution in [0.2, 0.25) is 0 Å². The zero-order valence-corrected chi connectivity index (χ0v) is 11.4. The van der Waals surface area contributed by atoms with Crippen molar-refractivity contribution >= 4 is 0 Å². The molecule has 2 rings (SSSR count). The first kappa shape index (κ1) is 13.8. The van der Waals surface area contributed by atoms with Crippen LogP contribution in [0, 0.1) is 0 Å². The second-order valence-corrected chi connectivity index (χ2v) is 4.93. The highest BCUT2D eigenvalue weighted by Gasteiger charge is 2.14. The fraction of sp³-hybridized carbons (Fsp3) is 0.294. The van der Waals surface area contributed by atoms with Gasteiger partial charge in [-0.3, -0.25) is 4.90 Å². The van der Waals surface area contributed by atoms with E-state index < -0.39 is 0 Å². The fourth-order valence-electron chi connectivity index (χ4n) is 2.25. The second-order valence-electron chi connectivity index (χ2n) is 4.93. The monoisotopic (exact) mass is 255 g/mol. The highest BCUT2D eigenvalue weighted by Crippen LogP contribution is 2.11. The lowest BCUT2D eigenvalue weighted by Crippen LogP contribution is -2.36. The summed E-state index contributed by atoms with van der Waals surface area (Å²) < 4.78 is 0. The van der Waals surface area contributed by atoms with Gasteiger partial charge in [0.2, 0.25) is 0 Å². The molecule has 0 radical (unpaired) electrons. The highest BCUT2D eigenvalue weighted by atomic mass is 16.3. The molecule has 1 N–H and O–H groups in total. The molecule has 0 spiro atoms. The number of hydrogen-bond donors (Lipinski definition) is 1. The van der Waals surface area contributed by atoms with Gasteiger partial charge < -0.3 is 5.11 Å². The Labute approximate surface area is 115 Å². The molecule has 2 aromatic rings. The van der Waals surface area contributed by atoms with E-state index in [9.17, 15) is 5.11 Å². The molecule has 0 fully saturated rings.